The number of benzene rings is 1. The SMILES string of the molecule is COc1ccc(CCNC(=O)c2ccc([N+](=O)[O-])s2)cc1. The Morgan fingerprint density at radius 2 is 2.00 bits per heavy atom. The van der Waals surface area contributed by atoms with Gasteiger partial charge >= 0.3 is 5.00 Å². The zero-order chi connectivity index (χ0) is 15.2. The fraction of sp³-hybridized carbons (Fsp3) is 0.214. The fourth-order valence-corrected chi connectivity index (χ4v) is 2.48. The van der Waals surface area contributed by atoms with Gasteiger partial charge in [0.05, 0.1) is 16.9 Å². The van der Waals surface area contributed by atoms with Crippen LogP contribution in [0.25, 0.3) is 0 Å². The summed E-state index contributed by atoms with van der Waals surface area (Å²) in [5, 5.41) is 13.3. The molecule has 0 fully saturated rings. The molecule has 1 heterocycles. The largest absolute Gasteiger partial charge is 0.497 e. The van der Waals surface area contributed by atoms with Crippen LogP contribution < -0.4 is 10.1 Å². The predicted octanol–water partition coefficient (Wildman–Crippen LogP) is 2.64. The molecule has 0 aliphatic rings. The molecule has 0 saturated heterocycles. The summed E-state index contributed by atoms with van der Waals surface area (Å²) in [4.78, 5) is 22.2. The van der Waals surface area contributed by atoms with Gasteiger partial charge < -0.3 is 10.1 Å². The van der Waals surface area contributed by atoms with E-state index in [1.54, 1.807) is 7.11 Å². The lowest BCUT2D eigenvalue weighted by Gasteiger charge is -2.05. The molecule has 0 aliphatic carbocycles. The smallest absolute Gasteiger partial charge is 0.324 e. The third-order valence-corrected chi connectivity index (χ3v) is 3.89. The normalized spacial score (nSPS) is 10.1. The van der Waals surface area contributed by atoms with Gasteiger partial charge in [-0.15, -0.1) is 0 Å². The van der Waals surface area contributed by atoms with E-state index in [-0.39, 0.29) is 10.9 Å². The third-order valence-electron chi connectivity index (χ3n) is 2.85. The summed E-state index contributed by atoms with van der Waals surface area (Å²) in [5.41, 5.74) is 1.08. The number of carbonyl (C=O) groups is 1. The van der Waals surface area contributed by atoms with Crippen LogP contribution in [0.2, 0.25) is 0 Å². The number of thiophene rings is 1. The first-order valence-electron chi connectivity index (χ1n) is 6.25. The van der Waals surface area contributed by atoms with Gasteiger partial charge in [-0.2, -0.15) is 0 Å². The number of hydrogen-bond donors (Lipinski definition) is 1. The van der Waals surface area contributed by atoms with Crippen LogP contribution in [0.3, 0.4) is 0 Å². The Morgan fingerprint density at radius 3 is 2.57 bits per heavy atom. The highest BCUT2D eigenvalue weighted by Gasteiger charge is 2.14. The topological polar surface area (TPSA) is 81.5 Å². The Labute approximate surface area is 125 Å². The van der Waals surface area contributed by atoms with Crippen LogP contribution in [-0.2, 0) is 6.42 Å². The van der Waals surface area contributed by atoms with E-state index in [1.807, 2.05) is 24.3 Å². The Morgan fingerprint density at radius 1 is 1.29 bits per heavy atom. The Hall–Kier alpha value is -2.41. The highest BCUT2D eigenvalue weighted by atomic mass is 32.1. The van der Waals surface area contributed by atoms with Crippen LogP contribution >= 0.6 is 11.3 Å². The van der Waals surface area contributed by atoms with E-state index in [0.717, 1.165) is 22.6 Å². The van der Waals surface area contributed by atoms with E-state index in [0.29, 0.717) is 17.8 Å². The molecule has 0 saturated carbocycles. The van der Waals surface area contributed by atoms with Crippen LogP contribution in [-0.4, -0.2) is 24.5 Å². The molecule has 0 atom stereocenters. The maximum atomic E-state index is 11.8. The first-order chi connectivity index (χ1) is 10.1. The molecule has 0 unspecified atom stereocenters. The molecule has 0 aliphatic heterocycles. The van der Waals surface area contributed by atoms with Crippen molar-refractivity contribution in [2.75, 3.05) is 13.7 Å². The predicted molar refractivity (Wildman–Crippen MR) is 80.0 cm³/mol. The summed E-state index contributed by atoms with van der Waals surface area (Å²) < 4.78 is 5.07. The van der Waals surface area contributed by atoms with Crippen molar-refractivity contribution >= 4 is 22.2 Å². The molecule has 1 aromatic carbocycles. The van der Waals surface area contributed by atoms with Crippen molar-refractivity contribution in [3.05, 3.63) is 57.0 Å². The molecule has 2 aromatic rings. The number of nitrogens with zero attached hydrogens (tertiary/aromatic N) is 1. The van der Waals surface area contributed by atoms with Crippen molar-refractivity contribution in [2.45, 2.75) is 6.42 Å². The minimum Gasteiger partial charge on any atom is -0.497 e. The van der Waals surface area contributed by atoms with E-state index in [9.17, 15) is 14.9 Å². The van der Waals surface area contributed by atoms with E-state index >= 15 is 0 Å². The molecule has 6 nitrogen and oxygen atoms in total. The molecule has 21 heavy (non-hydrogen) atoms. The average molecular weight is 306 g/mol. The van der Waals surface area contributed by atoms with E-state index < -0.39 is 4.92 Å². The summed E-state index contributed by atoms with van der Waals surface area (Å²) in [6, 6.07) is 10.4. The van der Waals surface area contributed by atoms with Crippen molar-refractivity contribution in [3.63, 3.8) is 0 Å². The monoisotopic (exact) mass is 306 g/mol. The summed E-state index contributed by atoms with van der Waals surface area (Å²) in [7, 11) is 1.61. The molecular weight excluding hydrogens is 292 g/mol. The molecule has 2 rings (SSSR count). The van der Waals surface area contributed by atoms with Gasteiger partial charge in [0.1, 0.15) is 5.75 Å². The summed E-state index contributed by atoms with van der Waals surface area (Å²) in [5.74, 6) is 0.496. The lowest BCUT2D eigenvalue weighted by molar-refractivity contribution is -0.380. The number of ether oxygens (including phenoxy) is 1. The highest BCUT2D eigenvalue weighted by molar-refractivity contribution is 7.17. The second kappa shape index (κ2) is 6.85. The first kappa shape index (κ1) is 15.0. The van der Waals surface area contributed by atoms with Crippen LogP contribution in [0.4, 0.5) is 5.00 Å². The van der Waals surface area contributed by atoms with Gasteiger partial charge in [0.25, 0.3) is 5.91 Å². The average Bonchev–Trinajstić information content (AvgIpc) is 2.98. The fourth-order valence-electron chi connectivity index (χ4n) is 1.75. The summed E-state index contributed by atoms with van der Waals surface area (Å²) in [6.07, 6.45) is 0.684. The van der Waals surface area contributed by atoms with E-state index in [4.69, 9.17) is 4.74 Å². The van der Waals surface area contributed by atoms with Crippen molar-refractivity contribution < 1.29 is 14.5 Å². The Balaban J connectivity index is 1.84. The number of rotatable bonds is 6. The van der Waals surface area contributed by atoms with Gasteiger partial charge in [0.2, 0.25) is 0 Å². The van der Waals surface area contributed by atoms with Gasteiger partial charge in [-0.05, 0) is 30.2 Å². The van der Waals surface area contributed by atoms with Crippen LogP contribution in [0.5, 0.6) is 5.75 Å². The first-order valence-corrected chi connectivity index (χ1v) is 7.07. The molecule has 0 bridgehead atoms. The van der Waals surface area contributed by atoms with Crippen molar-refractivity contribution in [1.29, 1.82) is 0 Å². The van der Waals surface area contributed by atoms with Crippen LogP contribution in [0.1, 0.15) is 15.2 Å². The van der Waals surface area contributed by atoms with E-state index in [1.165, 1.54) is 12.1 Å². The number of hydrogen-bond acceptors (Lipinski definition) is 5. The second-order valence-corrected chi connectivity index (χ2v) is 5.31. The molecule has 1 aromatic heterocycles. The standard InChI is InChI=1S/C14H14N2O4S/c1-20-11-4-2-10(3-5-11)8-9-15-14(17)12-6-7-13(21-12)16(18)19/h2-7H,8-9H2,1H3,(H,15,17). The van der Waals surface area contributed by atoms with Crippen molar-refractivity contribution in [2.24, 2.45) is 0 Å². The van der Waals surface area contributed by atoms with Crippen LogP contribution in [0, 0.1) is 10.1 Å². The Bertz CT molecular complexity index is 637. The molecule has 110 valence electrons. The minimum absolute atomic E-state index is 0.0321. The third kappa shape index (κ3) is 4.03. The summed E-state index contributed by atoms with van der Waals surface area (Å²) in [6.45, 7) is 0.469. The number of amides is 1. The van der Waals surface area contributed by atoms with Gasteiger partial charge in [-0.25, -0.2) is 0 Å². The second-order valence-electron chi connectivity index (χ2n) is 4.25. The molecule has 0 radical (unpaired) electrons. The van der Waals surface area contributed by atoms with Crippen LogP contribution in [0.15, 0.2) is 36.4 Å². The minimum atomic E-state index is -0.501. The molecular formula is C14H14N2O4S. The quantitative estimate of drug-likeness (QED) is 0.657. The van der Waals surface area contributed by atoms with Gasteiger partial charge in [-0.3, -0.25) is 14.9 Å². The molecule has 0 spiro atoms. The van der Waals surface area contributed by atoms with Gasteiger partial charge in [-0.1, -0.05) is 23.5 Å². The van der Waals surface area contributed by atoms with Gasteiger partial charge in [0.15, 0.2) is 0 Å². The summed E-state index contributed by atoms with van der Waals surface area (Å²) >= 11 is 0.873. The molecule has 1 amide bonds. The van der Waals surface area contributed by atoms with Gasteiger partial charge in [0, 0.05) is 12.6 Å². The van der Waals surface area contributed by atoms with E-state index in [2.05, 4.69) is 5.32 Å². The lowest BCUT2D eigenvalue weighted by atomic mass is 10.1. The molecule has 1 N–H and O–H groups in total. The van der Waals surface area contributed by atoms with Crippen molar-refractivity contribution in [1.82, 2.24) is 5.32 Å². The number of nitrogens with one attached hydrogen (secondary N) is 1. The zero-order valence-electron chi connectivity index (χ0n) is 11.4. The maximum absolute atomic E-state index is 11.8. The Kier molecular flexibility index (Phi) is 4.89. The number of methoxy groups -OCH3 is 1. The van der Waals surface area contributed by atoms with Crippen molar-refractivity contribution in [3.8, 4) is 5.75 Å². The highest BCUT2D eigenvalue weighted by Crippen LogP contribution is 2.23. The lowest BCUT2D eigenvalue weighted by Crippen LogP contribution is -2.24. The maximum Gasteiger partial charge on any atom is 0.324 e. The number of nitro groups is 1. The molecule has 7 heteroatoms. The zero-order valence-corrected chi connectivity index (χ0v) is 12.2. The number of carbonyl (C=O) groups excluding carboxylic acids is 1.